The van der Waals surface area contributed by atoms with Crippen LogP contribution < -0.4 is 5.32 Å². The van der Waals surface area contributed by atoms with Gasteiger partial charge in [0.1, 0.15) is 11.3 Å². The van der Waals surface area contributed by atoms with Crippen LogP contribution in [-0.2, 0) is 33.3 Å². The Morgan fingerprint density at radius 2 is 1.70 bits per heavy atom. The van der Waals surface area contributed by atoms with E-state index in [1.807, 2.05) is 0 Å². The van der Waals surface area contributed by atoms with E-state index in [1.165, 1.54) is 0 Å². The molecular weight excluding hydrogens is 459 g/mol. The molecule has 3 rings (SSSR count). The number of nitrogens with one attached hydrogen (secondary N) is 1. The Morgan fingerprint density at radius 1 is 1.06 bits per heavy atom. The molecular formula is C22H18F7NO3. The average Bonchev–Trinajstić information content (AvgIpc) is 2.74. The maximum absolute atomic E-state index is 14.2. The summed E-state index contributed by atoms with van der Waals surface area (Å²) in [4.78, 5) is 24.5. The Kier molecular flexibility index (Phi) is 6.99. The number of anilines is 1. The molecule has 1 unspecified atom stereocenters. The molecule has 1 atom stereocenters. The highest BCUT2D eigenvalue weighted by atomic mass is 19.4. The number of alkyl halides is 3. The van der Waals surface area contributed by atoms with Crippen LogP contribution in [0.1, 0.15) is 47.9 Å². The highest BCUT2D eigenvalue weighted by molar-refractivity contribution is 5.96. The minimum absolute atomic E-state index is 0.0892. The minimum atomic E-state index is -5.68. The standard InChI is InChI=1S/C22H18F7NO3/c1-2-33-14(31)9-10-6-7-11-4-3-5-12(13(11)8-10)21(32)30-20-18(25)16(23)15(22(27,28)29)17(24)19(20)26/h6-8,12H,2-5,9H2,1H3,(H,30,32). The van der Waals surface area contributed by atoms with E-state index in [1.54, 1.807) is 30.4 Å². The molecule has 2 aromatic rings. The second-order valence-corrected chi connectivity index (χ2v) is 7.45. The number of fused-ring (bicyclic) bond motifs is 1. The molecule has 0 heterocycles. The van der Waals surface area contributed by atoms with Crippen molar-refractivity contribution < 1.29 is 45.1 Å². The SMILES string of the molecule is CCOC(=O)Cc1ccc2c(c1)C(C(=O)Nc1c(F)c(F)c(C(F)(F)F)c(F)c1F)CCC2. The lowest BCUT2D eigenvalue weighted by Crippen LogP contribution is -2.27. The van der Waals surface area contributed by atoms with Gasteiger partial charge >= 0.3 is 12.1 Å². The van der Waals surface area contributed by atoms with Gasteiger partial charge in [0.2, 0.25) is 5.91 Å². The molecule has 0 saturated carbocycles. The quantitative estimate of drug-likeness (QED) is 0.355. The van der Waals surface area contributed by atoms with Crippen molar-refractivity contribution in [2.75, 3.05) is 11.9 Å². The molecule has 2 aromatic carbocycles. The first-order valence-corrected chi connectivity index (χ1v) is 9.97. The maximum Gasteiger partial charge on any atom is 0.422 e. The zero-order valence-electron chi connectivity index (χ0n) is 17.2. The van der Waals surface area contributed by atoms with Crippen LogP contribution in [0.5, 0.6) is 0 Å². The third-order valence-electron chi connectivity index (χ3n) is 5.29. The molecule has 178 valence electrons. The second kappa shape index (κ2) is 9.40. The number of carbonyl (C=O) groups is 2. The van der Waals surface area contributed by atoms with Gasteiger partial charge in [-0.25, -0.2) is 17.6 Å². The summed E-state index contributed by atoms with van der Waals surface area (Å²) in [7, 11) is 0. The van der Waals surface area contributed by atoms with Gasteiger partial charge in [0, 0.05) is 0 Å². The van der Waals surface area contributed by atoms with Crippen LogP contribution in [0.2, 0.25) is 0 Å². The molecule has 0 saturated heterocycles. The number of rotatable bonds is 5. The second-order valence-electron chi connectivity index (χ2n) is 7.45. The van der Waals surface area contributed by atoms with Crippen molar-refractivity contribution in [3.63, 3.8) is 0 Å². The van der Waals surface area contributed by atoms with Crippen molar-refractivity contribution in [1.29, 1.82) is 0 Å². The van der Waals surface area contributed by atoms with E-state index in [0.717, 1.165) is 5.56 Å². The topological polar surface area (TPSA) is 55.4 Å². The fourth-order valence-electron chi connectivity index (χ4n) is 3.81. The van der Waals surface area contributed by atoms with Crippen LogP contribution in [0.3, 0.4) is 0 Å². The third kappa shape index (κ3) is 4.96. The van der Waals surface area contributed by atoms with E-state index < -0.39 is 58.5 Å². The molecule has 0 aromatic heterocycles. The third-order valence-corrected chi connectivity index (χ3v) is 5.29. The van der Waals surface area contributed by atoms with Crippen LogP contribution in [0.25, 0.3) is 0 Å². The van der Waals surface area contributed by atoms with E-state index in [-0.39, 0.29) is 19.4 Å². The zero-order chi connectivity index (χ0) is 24.5. The van der Waals surface area contributed by atoms with Crippen LogP contribution in [0.4, 0.5) is 36.4 Å². The summed E-state index contributed by atoms with van der Waals surface area (Å²) in [6.07, 6.45) is -4.49. The van der Waals surface area contributed by atoms with Gasteiger partial charge in [0.15, 0.2) is 23.3 Å². The molecule has 1 aliphatic rings. The number of halogens is 7. The molecule has 1 amide bonds. The molecule has 0 radical (unpaired) electrons. The van der Waals surface area contributed by atoms with E-state index in [4.69, 9.17) is 4.74 Å². The highest BCUT2D eigenvalue weighted by Crippen LogP contribution is 2.39. The average molecular weight is 477 g/mol. The van der Waals surface area contributed by atoms with Crippen molar-refractivity contribution in [2.45, 2.75) is 44.7 Å². The van der Waals surface area contributed by atoms with Crippen LogP contribution >= 0.6 is 0 Å². The van der Waals surface area contributed by atoms with Gasteiger partial charge in [0.25, 0.3) is 0 Å². The molecule has 1 aliphatic carbocycles. The summed E-state index contributed by atoms with van der Waals surface area (Å²) in [5.41, 5.74) is -2.69. The van der Waals surface area contributed by atoms with E-state index >= 15 is 0 Å². The first kappa shape index (κ1) is 24.5. The largest absolute Gasteiger partial charge is 0.466 e. The van der Waals surface area contributed by atoms with E-state index in [0.29, 0.717) is 24.0 Å². The van der Waals surface area contributed by atoms with Crippen molar-refractivity contribution in [3.05, 3.63) is 63.7 Å². The molecule has 33 heavy (non-hydrogen) atoms. The molecule has 0 fully saturated rings. The predicted molar refractivity (Wildman–Crippen MR) is 102 cm³/mol. The lowest BCUT2D eigenvalue weighted by molar-refractivity contribution is -0.143. The number of aryl methyl sites for hydroxylation is 1. The summed E-state index contributed by atoms with van der Waals surface area (Å²) in [6.45, 7) is 1.81. The van der Waals surface area contributed by atoms with Gasteiger partial charge in [-0.3, -0.25) is 9.59 Å². The zero-order valence-corrected chi connectivity index (χ0v) is 17.2. The Hall–Kier alpha value is -3.11. The smallest absolute Gasteiger partial charge is 0.422 e. The van der Waals surface area contributed by atoms with Gasteiger partial charge in [-0.15, -0.1) is 0 Å². The van der Waals surface area contributed by atoms with Crippen LogP contribution in [0, 0.1) is 23.3 Å². The van der Waals surface area contributed by atoms with Gasteiger partial charge in [0.05, 0.1) is 18.9 Å². The van der Waals surface area contributed by atoms with Gasteiger partial charge in [-0.05, 0) is 42.9 Å². The molecule has 0 bridgehead atoms. The number of carbonyl (C=O) groups excluding carboxylic acids is 2. The van der Waals surface area contributed by atoms with Crippen molar-refractivity contribution in [2.24, 2.45) is 0 Å². The van der Waals surface area contributed by atoms with Gasteiger partial charge in [-0.2, -0.15) is 13.2 Å². The number of benzene rings is 2. The molecule has 0 aliphatic heterocycles. The van der Waals surface area contributed by atoms with Crippen molar-refractivity contribution in [3.8, 4) is 0 Å². The lowest BCUT2D eigenvalue weighted by atomic mass is 9.81. The first-order valence-electron chi connectivity index (χ1n) is 9.97. The van der Waals surface area contributed by atoms with Crippen LogP contribution in [-0.4, -0.2) is 18.5 Å². The molecule has 0 spiro atoms. The maximum atomic E-state index is 14.2. The normalized spacial score (nSPS) is 15.7. The van der Waals surface area contributed by atoms with Crippen molar-refractivity contribution >= 4 is 17.6 Å². The lowest BCUT2D eigenvalue weighted by Gasteiger charge is -2.26. The summed E-state index contributed by atoms with van der Waals surface area (Å²) in [6, 6.07) is 4.90. The van der Waals surface area contributed by atoms with Crippen molar-refractivity contribution in [1.82, 2.24) is 0 Å². The summed E-state index contributed by atoms with van der Waals surface area (Å²) in [5, 5.41) is 1.70. The Morgan fingerprint density at radius 3 is 2.27 bits per heavy atom. The Bertz CT molecular complexity index is 1070. The van der Waals surface area contributed by atoms with E-state index in [2.05, 4.69) is 0 Å². The highest BCUT2D eigenvalue weighted by Gasteiger charge is 2.43. The van der Waals surface area contributed by atoms with Gasteiger partial charge in [-0.1, -0.05) is 18.2 Å². The molecule has 11 heteroatoms. The van der Waals surface area contributed by atoms with E-state index in [9.17, 15) is 40.3 Å². The first-order chi connectivity index (χ1) is 15.5. The fraction of sp³-hybridized carbons (Fsp3) is 0.364. The predicted octanol–water partition coefficient (Wildman–Crippen LogP) is 5.43. The summed E-state index contributed by atoms with van der Waals surface area (Å²) >= 11 is 0. The van der Waals surface area contributed by atoms with Crippen LogP contribution in [0.15, 0.2) is 18.2 Å². The number of esters is 1. The number of amides is 1. The van der Waals surface area contributed by atoms with Gasteiger partial charge < -0.3 is 10.1 Å². The molecule has 1 N–H and O–H groups in total. The monoisotopic (exact) mass is 477 g/mol. The Balaban J connectivity index is 1.93. The Labute approximate surface area is 183 Å². The number of hydrogen-bond acceptors (Lipinski definition) is 3. The minimum Gasteiger partial charge on any atom is -0.466 e. The summed E-state index contributed by atoms with van der Waals surface area (Å²) < 4.78 is 99.3. The number of ether oxygens (including phenoxy) is 1. The molecule has 4 nitrogen and oxygen atoms in total. The summed E-state index contributed by atoms with van der Waals surface area (Å²) in [5.74, 6) is -12.6. The fourth-order valence-corrected chi connectivity index (χ4v) is 3.81. The number of hydrogen-bond donors (Lipinski definition) is 1.